The average molecular weight is 414 g/mol. The minimum Gasteiger partial charge on any atom is -0.497 e. The summed E-state index contributed by atoms with van der Waals surface area (Å²) in [5, 5.41) is 4.77. The molecule has 4 saturated carbocycles. The van der Waals surface area contributed by atoms with Crippen LogP contribution in [-0.4, -0.2) is 49.3 Å². The van der Waals surface area contributed by atoms with Gasteiger partial charge in [-0.05, 0) is 105 Å². The largest absolute Gasteiger partial charge is 0.497 e. The Morgan fingerprint density at radius 2 is 1.55 bits per heavy atom. The van der Waals surface area contributed by atoms with Crippen LogP contribution in [0.3, 0.4) is 0 Å². The van der Waals surface area contributed by atoms with Gasteiger partial charge in [-0.2, -0.15) is 0 Å². The first-order valence-electron chi connectivity index (χ1n) is 11.5. The van der Waals surface area contributed by atoms with Crippen LogP contribution in [-0.2, 0) is 0 Å². The first-order chi connectivity index (χ1) is 14.0. The zero-order chi connectivity index (χ0) is 20.0. The summed E-state index contributed by atoms with van der Waals surface area (Å²) in [5.74, 6) is 3.89. The summed E-state index contributed by atoms with van der Waals surface area (Å²) in [6, 6.07) is 8.89. The Morgan fingerprint density at radius 1 is 1.00 bits per heavy atom. The van der Waals surface area contributed by atoms with Gasteiger partial charge in [0.05, 0.1) is 7.11 Å². The van der Waals surface area contributed by atoms with Crippen molar-refractivity contribution in [3.63, 3.8) is 0 Å². The highest BCUT2D eigenvalue weighted by atomic mass is 32.1. The van der Waals surface area contributed by atoms with E-state index in [1.165, 1.54) is 44.2 Å². The lowest BCUT2D eigenvalue weighted by Gasteiger charge is -2.59. The van der Waals surface area contributed by atoms with E-state index in [1.807, 2.05) is 12.1 Å². The van der Waals surface area contributed by atoms with Gasteiger partial charge >= 0.3 is 0 Å². The molecule has 1 saturated heterocycles. The van der Waals surface area contributed by atoms with Crippen molar-refractivity contribution in [3.05, 3.63) is 24.3 Å². The SMILES string of the molecule is COc1ccc(N2CCN(C(=S)NC(C)C34CC5CC(CC(C5)C3)C4)CC2)cc1. The van der Waals surface area contributed by atoms with Crippen LogP contribution in [0.2, 0.25) is 0 Å². The molecule has 1 unspecified atom stereocenters. The highest BCUT2D eigenvalue weighted by molar-refractivity contribution is 7.80. The molecular weight excluding hydrogens is 378 g/mol. The van der Waals surface area contributed by atoms with E-state index in [2.05, 4.69) is 34.2 Å². The summed E-state index contributed by atoms with van der Waals surface area (Å²) in [6.45, 7) is 6.42. The minimum absolute atomic E-state index is 0.503. The second-order valence-corrected chi connectivity index (χ2v) is 10.5. The van der Waals surface area contributed by atoms with Crippen LogP contribution in [0.4, 0.5) is 5.69 Å². The molecule has 0 spiro atoms. The van der Waals surface area contributed by atoms with E-state index >= 15 is 0 Å². The Morgan fingerprint density at radius 3 is 2.07 bits per heavy atom. The smallest absolute Gasteiger partial charge is 0.169 e. The molecule has 1 aliphatic heterocycles. The molecule has 5 aliphatic rings. The van der Waals surface area contributed by atoms with E-state index in [-0.39, 0.29) is 0 Å². The molecule has 1 N–H and O–H groups in total. The summed E-state index contributed by atoms with van der Waals surface area (Å²) in [6.07, 6.45) is 8.81. The summed E-state index contributed by atoms with van der Waals surface area (Å²) in [4.78, 5) is 4.83. The quantitative estimate of drug-likeness (QED) is 0.743. The van der Waals surface area contributed by atoms with Crippen LogP contribution in [0.1, 0.15) is 45.4 Å². The number of hydrogen-bond acceptors (Lipinski definition) is 3. The standard InChI is InChI=1S/C24H35N3OS/c1-17(24-14-18-11-19(15-24)13-20(12-18)16-24)25-23(29)27-9-7-26(8-10-27)21-3-5-22(28-2)6-4-21/h3-6,17-20H,7-16H2,1-2H3,(H,25,29). The second kappa shape index (κ2) is 7.64. The van der Waals surface area contributed by atoms with E-state index in [0.717, 1.165) is 54.8 Å². The highest BCUT2D eigenvalue weighted by Crippen LogP contribution is 2.61. The maximum atomic E-state index is 5.87. The van der Waals surface area contributed by atoms with Crippen molar-refractivity contribution < 1.29 is 4.74 Å². The van der Waals surface area contributed by atoms with E-state index in [0.29, 0.717) is 11.5 Å². The molecule has 6 rings (SSSR count). The number of nitrogens with zero attached hydrogens (tertiary/aromatic N) is 2. The molecule has 5 fully saturated rings. The Hall–Kier alpha value is -1.49. The maximum Gasteiger partial charge on any atom is 0.169 e. The molecule has 0 amide bonds. The van der Waals surface area contributed by atoms with Gasteiger partial charge in [-0.3, -0.25) is 0 Å². The van der Waals surface area contributed by atoms with Crippen LogP contribution in [0, 0.1) is 23.2 Å². The van der Waals surface area contributed by atoms with Crippen LogP contribution in [0.25, 0.3) is 0 Å². The lowest BCUT2D eigenvalue weighted by molar-refractivity contribution is -0.0675. The lowest BCUT2D eigenvalue weighted by Crippen LogP contribution is -2.59. The monoisotopic (exact) mass is 413 g/mol. The predicted molar refractivity (Wildman–Crippen MR) is 123 cm³/mol. The van der Waals surface area contributed by atoms with E-state index in [9.17, 15) is 0 Å². The predicted octanol–water partition coefficient (Wildman–Crippen LogP) is 4.30. The molecule has 0 aromatic heterocycles. The molecule has 158 valence electrons. The maximum absolute atomic E-state index is 5.87. The molecule has 0 radical (unpaired) electrons. The fraction of sp³-hybridized carbons (Fsp3) is 0.708. The van der Waals surface area contributed by atoms with Crippen LogP contribution in [0.5, 0.6) is 5.75 Å². The molecular formula is C24H35N3OS. The van der Waals surface area contributed by atoms with Gasteiger partial charge in [-0.1, -0.05) is 0 Å². The molecule has 5 heteroatoms. The summed E-state index contributed by atoms with van der Waals surface area (Å²) < 4.78 is 5.28. The third-order valence-corrected chi connectivity index (χ3v) is 8.72. The van der Waals surface area contributed by atoms with Gasteiger partial charge < -0.3 is 19.9 Å². The number of thiocarbonyl (C=S) groups is 1. The van der Waals surface area contributed by atoms with Crippen LogP contribution < -0.4 is 15.0 Å². The number of nitrogens with one attached hydrogen (secondary N) is 1. The average Bonchev–Trinajstić information content (AvgIpc) is 2.73. The van der Waals surface area contributed by atoms with Crippen molar-refractivity contribution in [1.82, 2.24) is 10.2 Å². The van der Waals surface area contributed by atoms with Gasteiger partial charge in [0.25, 0.3) is 0 Å². The van der Waals surface area contributed by atoms with Crippen molar-refractivity contribution in [2.75, 3.05) is 38.2 Å². The van der Waals surface area contributed by atoms with Crippen LogP contribution >= 0.6 is 12.2 Å². The normalized spacial score (nSPS) is 34.2. The zero-order valence-corrected chi connectivity index (χ0v) is 18.7. The Kier molecular flexibility index (Phi) is 5.13. The number of methoxy groups -OCH3 is 1. The van der Waals surface area contributed by atoms with Crippen molar-refractivity contribution >= 4 is 23.0 Å². The third kappa shape index (κ3) is 3.71. The third-order valence-electron chi connectivity index (χ3n) is 8.35. The first-order valence-corrected chi connectivity index (χ1v) is 11.9. The van der Waals surface area contributed by atoms with Crippen molar-refractivity contribution in [3.8, 4) is 5.75 Å². The number of rotatable bonds is 4. The van der Waals surface area contributed by atoms with Gasteiger partial charge in [0.15, 0.2) is 5.11 Å². The number of anilines is 1. The molecule has 1 heterocycles. The summed E-state index contributed by atoms with van der Waals surface area (Å²) in [7, 11) is 1.71. The topological polar surface area (TPSA) is 27.7 Å². The lowest BCUT2D eigenvalue weighted by atomic mass is 9.48. The Labute approximate surface area is 181 Å². The number of piperazine rings is 1. The number of benzene rings is 1. The zero-order valence-electron chi connectivity index (χ0n) is 17.9. The van der Waals surface area contributed by atoms with E-state index in [4.69, 9.17) is 17.0 Å². The Balaban J connectivity index is 1.16. The van der Waals surface area contributed by atoms with Gasteiger partial charge in [-0.25, -0.2) is 0 Å². The summed E-state index contributed by atoms with van der Waals surface area (Å²) in [5.41, 5.74) is 1.77. The first kappa shape index (κ1) is 19.5. The molecule has 4 nitrogen and oxygen atoms in total. The summed E-state index contributed by atoms with van der Waals surface area (Å²) >= 11 is 5.87. The van der Waals surface area contributed by atoms with E-state index < -0.39 is 0 Å². The van der Waals surface area contributed by atoms with E-state index in [1.54, 1.807) is 7.11 Å². The van der Waals surface area contributed by atoms with Gasteiger partial charge in [0.2, 0.25) is 0 Å². The van der Waals surface area contributed by atoms with Gasteiger partial charge in [-0.15, -0.1) is 0 Å². The Bertz CT molecular complexity index is 706. The fourth-order valence-electron chi connectivity index (χ4n) is 7.10. The van der Waals surface area contributed by atoms with Crippen molar-refractivity contribution in [2.24, 2.45) is 23.2 Å². The minimum atomic E-state index is 0.503. The molecule has 1 aromatic rings. The number of hydrogen-bond donors (Lipinski definition) is 1. The number of ether oxygens (including phenoxy) is 1. The van der Waals surface area contributed by atoms with Gasteiger partial charge in [0, 0.05) is 37.9 Å². The van der Waals surface area contributed by atoms with Crippen LogP contribution in [0.15, 0.2) is 24.3 Å². The molecule has 29 heavy (non-hydrogen) atoms. The highest BCUT2D eigenvalue weighted by Gasteiger charge is 2.53. The molecule has 1 aromatic carbocycles. The van der Waals surface area contributed by atoms with Crippen molar-refractivity contribution in [2.45, 2.75) is 51.5 Å². The van der Waals surface area contributed by atoms with Crippen molar-refractivity contribution in [1.29, 1.82) is 0 Å². The molecule has 4 aliphatic carbocycles. The van der Waals surface area contributed by atoms with Gasteiger partial charge in [0.1, 0.15) is 5.75 Å². The molecule has 4 bridgehead atoms. The fourth-order valence-corrected chi connectivity index (χ4v) is 7.46. The second-order valence-electron chi connectivity index (χ2n) is 10.1. The molecule has 1 atom stereocenters.